The van der Waals surface area contributed by atoms with Crippen molar-refractivity contribution in [2.75, 3.05) is 7.11 Å². The maximum absolute atomic E-state index is 13.4. The molecule has 0 aliphatic heterocycles. The van der Waals surface area contributed by atoms with E-state index in [0.29, 0.717) is 26.9 Å². The summed E-state index contributed by atoms with van der Waals surface area (Å²) >= 11 is 18.5. The van der Waals surface area contributed by atoms with Crippen molar-refractivity contribution in [1.82, 2.24) is 0 Å². The first-order valence-electron chi connectivity index (χ1n) is 5.46. The molecule has 1 unspecified atom stereocenters. The van der Waals surface area contributed by atoms with E-state index in [-0.39, 0.29) is 5.82 Å². The Labute approximate surface area is 125 Å². The molecule has 0 saturated carbocycles. The Bertz CT molecular complexity index is 601. The molecule has 0 amide bonds. The maximum atomic E-state index is 13.4. The summed E-state index contributed by atoms with van der Waals surface area (Å²) in [7, 11) is 1.50. The summed E-state index contributed by atoms with van der Waals surface area (Å²) in [6, 6.07) is 9.32. The van der Waals surface area contributed by atoms with E-state index in [1.807, 2.05) is 0 Å². The predicted molar refractivity (Wildman–Crippen MR) is 77.1 cm³/mol. The molecule has 1 nitrogen and oxygen atoms in total. The van der Waals surface area contributed by atoms with Crippen molar-refractivity contribution in [1.29, 1.82) is 0 Å². The van der Waals surface area contributed by atoms with Crippen molar-refractivity contribution in [3.63, 3.8) is 0 Å². The molecule has 0 aliphatic rings. The third-order valence-corrected chi connectivity index (χ3v) is 4.02. The van der Waals surface area contributed by atoms with Gasteiger partial charge in [-0.05, 0) is 29.8 Å². The van der Waals surface area contributed by atoms with Crippen LogP contribution in [0.4, 0.5) is 4.39 Å². The Morgan fingerprint density at radius 2 is 1.84 bits per heavy atom. The van der Waals surface area contributed by atoms with E-state index in [4.69, 9.17) is 39.5 Å². The Balaban J connectivity index is 2.52. The van der Waals surface area contributed by atoms with Gasteiger partial charge >= 0.3 is 0 Å². The number of methoxy groups -OCH3 is 1. The molecule has 5 heteroatoms. The molecular formula is C14H10Cl3FO. The lowest BCUT2D eigenvalue weighted by atomic mass is 10.0. The second kappa shape index (κ2) is 6.00. The first-order valence-corrected chi connectivity index (χ1v) is 6.65. The van der Waals surface area contributed by atoms with Crippen LogP contribution < -0.4 is 4.74 Å². The summed E-state index contributed by atoms with van der Waals surface area (Å²) in [4.78, 5) is 0. The fourth-order valence-corrected chi connectivity index (χ4v) is 2.61. The van der Waals surface area contributed by atoms with Crippen LogP contribution in [0, 0.1) is 5.82 Å². The van der Waals surface area contributed by atoms with Gasteiger partial charge in [0.1, 0.15) is 11.6 Å². The summed E-state index contributed by atoms with van der Waals surface area (Å²) < 4.78 is 18.6. The molecule has 0 bridgehead atoms. The van der Waals surface area contributed by atoms with Crippen molar-refractivity contribution < 1.29 is 9.13 Å². The molecule has 19 heavy (non-hydrogen) atoms. The number of rotatable bonds is 3. The molecule has 2 rings (SSSR count). The third kappa shape index (κ3) is 2.97. The van der Waals surface area contributed by atoms with E-state index in [1.54, 1.807) is 18.2 Å². The molecule has 1 atom stereocenters. The zero-order valence-electron chi connectivity index (χ0n) is 9.96. The Morgan fingerprint density at radius 1 is 1.11 bits per heavy atom. The second-order valence-corrected chi connectivity index (χ2v) is 5.11. The number of hydrogen-bond donors (Lipinski definition) is 0. The van der Waals surface area contributed by atoms with E-state index in [2.05, 4.69) is 0 Å². The minimum Gasteiger partial charge on any atom is -0.496 e. The highest BCUT2D eigenvalue weighted by Gasteiger charge is 2.20. The van der Waals surface area contributed by atoms with Crippen LogP contribution in [0.25, 0.3) is 0 Å². The molecule has 0 saturated heterocycles. The molecule has 0 fully saturated rings. The molecule has 100 valence electrons. The highest BCUT2D eigenvalue weighted by atomic mass is 35.5. The molecule has 0 aliphatic carbocycles. The van der Waals surface area contributed by atoms with Gasteiger partial charge in [-0.15, -0.1) is 11.6 Å². The Morgan fingerprint density at radius 3 is 2.53 bits per heavy atom. The van der Waals surface area contributed by atoms with Crippen LogP contribution in [-0.4, -0.2) is 7.11 Å². The van der Waals surface area contributed by atoms with E-state index >= 15 is 0 Å². The zero-order valence-corrected chi connectivity index (χ0v) is 12.2. The van der Waals surface area contributed by atoms with Crippen molar-refractivity contribution in [2.45, 2.75) is 5.38 Å². The monoisotopic (exact) mass is 318 g/mol. The minimum absolute atomic E-state index is 0.357. The SMILES string of the molecule is COc1ccc(F)cc1C(Cl)c1cccc(Cl)c1Cl. The Hall–Kier alpha value is -0.960. The van der Waals surface area contributed by atoms with Gasteiger partial charge in [0.25, 0.3) is 0 Å². The quantitative estimate of drug-likeness (QED) is 0.682. The number of alkyl halides is 1. The fraction of sp³-hybridized carbons (Fsp3) is 0.143. The van der Waals surface area contributed by atoms with E-state index in [0.717, 1.165) is 0 Å². The topological polar surface area (TPSA) is 9.23 Å². The van der Waals surface area contributed by atoms with Crippen molar-refractivity contribution in [2.24, 2.45) is 0 Å². The number of benzene rings is 2. The summed E-state index contributed by atoms with van der Waals surface area (Å²) in [5.74, 6) is 0.108. The molecule has 0 aromatic heterocycles. The zero-order chi connectivity index (χ0) is 14.0. The molecule has 0 spiro atoms. The normalized spacial score (nSPS) is 12.3. The van der Waals surface area contributed by atoms with E-state index in [9.17, 15) is 4.39 Å². The molecule has 0 radical (unpaired) electrons. The van der Waals surface area contributed by atoms with Gasteiger partial charge in [0.05, 0.1) is 22.5 Å². The highest BCUT2D eigenvalue weighted by molar-refractivity contribution is 6.43. The van der Waals surface area contributed by atoms with Crippen molar-refractivity contribution in [3.8, 4) is 5.75 Å². The molecular weight excluding hydrogens is 310 g/mol. The van der Waals surface area contributed by atoms with Crippen LogP contribution in [0.15, 0.2) is 36.4 Å². The summed E-state index contributed by atoms with van der Waals surface area (Å²) in [5, 5.41) is 0.118. The maximum Gasteiger partial charge on any atom is 0.124 e. The van der Waals surface area contributed by atoms with Crippen LogP contribution in [0.2, 0.25) is 10.0 Å². The smallest absolute Gasteiger partial charge is 0.124 e. The van der Waals surface area contributed by atoms with Crippen molar-refractivity contribution in [3.05, 3.63) is 63.4 Å². The predicted octanol–water partition coefficient (Wildman–Crippen LogP) is 5.47. The average Bonchev–Trinajstić information content (AvgIpc) is 2.41. The van der Waals surface area contributed by atoms with Crippen LogP contribution >= 0.6 is 34.8 Å². The average molecular weight is 320 g/mol. The van der Waals surface area contributed by atoms with Gasteiger partial charge in [0.15, 0.2) is 0 Å². The van der Waals surface area contributed by atoms with Crippen LogP contribution in [0.3, 0.4) is 0 Å². The van der Waals surface area contributed by atoms with E-state index < -0.39 is 5.38 Å². The number of ether oxygens (including phenoxy) is 1. The first kappa shape index (κ1) is 14.4. The molecule has 0 heterocycles. The van der Waals surface area contributed by atoms with Gasteiger partial charge in [-0.25, -0.2) is 4.39 Å². The summed E-state index contributed by atoms with van der Waals surface area (Å²) in [5.41, 5.74) is 1.12. The third-order valence-electron chi connectivity index (χ3n) is 2.72. The lowest BCUT2D eigenvalue weighted by Crippen LogP contribution is -1.99. The molecule has 2 aromatic rings. The number of hydrogen-bond acceptors (Lipinski definition) is 1. The standard InChI is InChI=1S/C14H10Cl3FO/c1-19-12-6-5-8(18)7-10(12)13(16)9-3-2-4-11(15)14(9)17/h2-7,13H,1H3. The fourth-order valence-electron chi connectivity index (χ4n) is 1.79. The van der Waals surface area contributed by atoms with Gasteiger partial charge in [-0.2, -0.15) is 0 Å². The minimum atomic E-state index is -0.642. The van der Waals surface area contributed by atoms with Gasteiger partial charge in [0, 0.05) is 5.56 Å². The summed E-state index contributed by atoms with van der Waals surface area (Å²) in [6.07, 6.45) is 0. The van der Waals surface area contributed by atoms with Crippen molar-refractivity contribution >= 4 is 34.8 Å². The van der Waals surface area contributed by atoms with Crippen LogP contribution in [0.1, 0.15) is 16.5 Å². The summed E-state index contributed by atoms with van der Waals surface area (Å²) in [6.45, 7) is 0. The van der Waals surface area contributed by atoms with E-state index in [1.165, 1.54) is 25.3 Å². The van der Waals surface area contributed by atoms with Gasteiger partial charge in [-0.1, -0.05) is 35.3 Å². The lowest BCUT2D eigenvalue weighted by Gasteiger charge is -2.16. The van der Waals surface area contributed by atoms with Crippen LogP contribution in [0.5, 0.6) is 5.75 Å². The van der Waals surface area contributed by atoms with Gasteiger partial charge in [-0.3, -0.25) is 0 Å². The molecule has 2 aromatic carbocycles. The molecule has 0 N–H and O–H groups in total. The Kier molecular flexibility index (Phi) is 4.56. The van der Waals surface area contributed by atoms with Gasteiger partial charge in [0.2, 0.25) is 0 Å². The first-order chi connectivity index (χ1) is 9.04. The van der Waals surface area contributed by atoms with Gasteiger partial charge < -0.3 is 4.74 Å². The number of halogens is 4. The second-order valence-electron chi connectivity index (χ2n) is 3.89. The van der Waals surface area contributed by atoms with Crippen LogP contribution in [-0.2, 0) is 0 Å². The largest absolute Gasteiger partial charge is 0.496 e. The highest BCUT2D eigenvalue weighted by Crippen LogP contribution is 2.40. The lowest BCUT2D eigenvalue weighted by molar-refractivity contribution is 0.409.